The SMILES string of the molecule is CCNCC1CCCCCC1C1CCCCCC1. The number of rotatable bonds is 4. The Morgan fingerprint density at radius 1 is 0.778 bits per heavy atom. The molecule has 0 aromatic rings. The lowest BCUT2D eigenvalue weighted by Gasteiger charge is -2.32. The molecule has 2 saturated carbocycles. The zero-order valence-corrected chi connectivity index (χ0v) is 12.4. The van der Waals surface area contributed by atoms with Crippen molar-refractivity contribution in [3.05, 3.63) is 0 Å². The molecule has 2 aliphatic rings. The van der Waals surface area contributed by atoms with Gasteiger partial charge in [0.25, 0.3) is 0 Å². The van der Waals surface area contributed by atoms with Gasteiger partial charge in [-0.3, -0.25) is 0 Å². The first-order chi connectivity index (χ1) is 8.92. The summed E-state index contributed by atoms with van der Waals surface area (Å²) >= 11 is 0. The van der Waals surface area contributed by atoms with Gasteiger partial charge in [-0.1, -0.05) is 64.7 Å². The lowest BCUT2D eigenvalue weighted by atomic mass is 9.75. The molecule has 0 saturated heterocycles. The Morgan fingerprint density at radius 2 is 1.39 bits per heavy atom. The molecule has 1 N–H and O–H groups in total. The van der Waals surface area contributed by atoms with Gasteiger partial charge in [0.05, 0.1) is 0 Å². The number of nitrogens with one attached hydrogen (secondary N) is 1. The Balaban J connectivity index is 1.94. The molecule has 2 atom stereocenters. The monoisotopic (exact) mass is 251 g/mol. The quantitative estimate of drug-likeness (QED) is 0.710. The molecule has 0 bridgehead atoms. The van der Waals surface area contributed by atoms with Crippen molar-refractivity contribution in [2.45, 2.75) is 77.6 Å². The van der Waals surface area contributed by atoms with Gasteiger partial charge in [-0.25, -0.2) is 0 Å². The van der Waals surface area contributed by atoms with Crippen LogP contribution in [0.25, 0.3) is 0 Å². The average Bonchev–Trinajstić information content (AvgIpc) is 2.78. The second-order valence-corrected chi connectivity index (χ2v) is 6.62. The van der Waals surface area contributed by atoms with E-state index in [0.29, 0.717) is 0 Å². The maximum Gasteiger partial charge on any atom is -0.00179 e. The van der Waals surface area contributed by atoms with Crippen molar-refractivity contribution in [1.82, 2.24) is 5.32 Å². The predicted molar refractivity (Wildman–Crippen MR) is 79.8 cm³/mol. The molecule has 0 aromatic carbocycles. The predicted octanol–water partition coefficient (Wildman–Crippen LogP) is 4.76. The Hall–Kier alpha value is -0.0400. The minimum Gasteiger partial charge on any atom is -0.317 e. The topological polar surface area (TPSA) is 12.0 Å². The minimum atomic E-state index is 0.982. The van der Waals surface area contributed by atoms with Crippen LogP contribution in [-0.4, -0.2) is 13.1 Å². The van der Waals surface area contributed by atoms with Gasteiger partial charge >= 0.3 is 0 Å². The van der Waals surface area contributed by atoms with Gasteiger partial charge in [0.2, 0.25) is 0 Å². The van der Waals surface area contributed by atoms with Crippen molar-refractivity contribution in [3.63, 3.8) is 0 Å². The van der Waals surface area contributed by atoms with Gasteiger partial charge in [0, 0.05) is 0 Å². The van der Waals surface area contributed by atoms with Gasteiger partial charge in [0.15, 0.2) is 0 Å². The lowest BCUT2D eigenvalue weighted by Crippen LogP contribution is -2.31. The summed E-state index contributed by atoms with van der Waals surface area (Å²) in [5.41, 5.74) is 0. The molecule has 0 amide bonds. The molecule has 2 aliphatic carbocycles. The summed E-state index contributed by atoms with van der Waals surface area (Å²) in [5, 5.41) is 3.63. The first kappa shape index (κ1) is 14.4. The third-order valence-electron chi connectivity index (χ3n) is 5.38. The molecule has 0 radical (unpaired) electrons. The number of hydrogen-bond acceptors (Lipinski definition) is 1. The lowest BCUT2D eigenvalue weighted by molar-refractivity contribution is 0.189. The summed E-state index contributed by atoms with van der Waals surface area (Å²) in [6.07, 6.45) is 16.6. The molecule has 0 heterocycles. The van der Waals surface area contributed by atoms with E-state index in [-0.39, 0.29) is 0 Å². The zero-order valence-electron chi connectivity index (χ0n) is 12.4. The van der Waals surface area contributed by atoms with Gasteiger partial charge in [-0.05, 0) is 43.7 Å². The zero-order chi connectivity index (χ0) is 12.6. The van der Waals surface area contributed by atoms with Crippen LogP contribution in [0.15, 0.2) is 0 Å². The van der Waals surface area contributed by atoms with Gasteiger partial charge in [0.1, 0.15) is 0 Å². The molecule has 0 aliphatic heterocycles. The Morgan fingerprint density at radius 3 is 2.11 bits per heavy atom. The molecule has 18 heavy (non-hydrogen) atoms. The molecule has 1 nitrogen and oxygen atoms in total. The average molecular weight is 251 g/mol. The Kier molecular flexibility index (Phi) is 6.54. The highest BCUT2D eigenvalue weighted by atomic mass is 14.8. The molecule has 0 aromatic heterocycles. The Bertz CT molecular complexity index is 206. The van der Waals surface area contributed by atoms with E-state index < -0.39 is 0 Å². The van der Waals surface area contributed by atoms with E-state index >= 15 is 0 Å². The van der Waals surface area contributed by atoms with E-state index in [0.717, 1.165) is 24.3 Å². The maximum absolute atomic E-state index is 3.63. The maximum atomic E-state index is 3.63. The molecule has 1 heteroatoms. The highest BCUT2D eigenvalue weighted by Gasteiger charge is 2.30. The molecule has 2 unspecified atom stereocenters. The molecule has 2 fully saturated rings. The van der Waals surface area contributed by atoms with E-state index in [2.05, 4.69) is 12.2 Å². The van der Waals surface area contributed by atoms with Crippen molar-refractivity contribution in [1.29, 1.82) is 0 Å². The van der Waals surface area contributed by atoms with Gasteiger partial charge < -0.3 is 5.32 Å². The summed E-state index contributed by atoms with van der Waals surface area (Å²) in [7, 11) is 0. The van der Waals surface area contributed by atoms with Crippen LogP contribution in [0.1, 0.15) is 77.6 Å². The fourth-order valence-electron chi connectivity index (χ4n) is 4.36. The van der Waals surface area contributed by atoms with Gasteiger partial charge in [-0.15, -0.1) is 0 Å². The molecule has 2 rings (SSSR count). The van der Waals surface area contributed by atoms with Crippen LogP contribution in [0.4, 0.5) is 0 Å². The van der Waals surface area contributed by atoms with Crippen molar-refractivity contribution in [3.8, 4) is 0 Å². The second-order valence-electron chi connectivity index (χ2n) is 6.62. The van der Waals surface area contributed by atoms with E-state index in [1.165, 1.54) is 77.2 Å². The summed E-state index contributed by atoms with van der Waals surface area (Å²) in [6, 6.07) is 0. The Labute approximate surface area is 114 Å². The van der Waals surface area contributed by atoms with Gasteiger partial charge in [-0.2, -0.15) is 0 Å². The first-order valence-corrected chi connectivity index (χ1v) is 8.62. The van der Waals surface area contributed by atoms with E-state index in [1.807, 2.05) is 0 Å². The highest BCUT2D eigenvalue weighted by Crippen LogP contribution is 2.39. The van der Waals surface area contributed by atoms with E-state index in [9.17, 15) is 0 Å². The normalized spacial score (nSPS) is 31.8. The summed E-state index contributed by atoms with van der Waals surface area (Å²) in [4.78, 5) is 0. The van der Waals surface area contributed by atoms with Crippen LogP contribution < -0.4 is 5.32 Å². The fourth-order valence-corrected chi connectivity index (χ4v) is 4.36. The van der Waals surface area contributed by atoms with Crippen LogP contribution in [0.2, 0.25) is 0 Å². The van der Waals surface area contributed by atoms with Crippen LogP contribution >= 0.6 is 0 Å². The number of hydrogen-bond donors (Lipinski definition) is 1. The third kappa shape index (κ3) is 4.26. The molecular formula is C17H33N. The van der Waals surface area contributed by atoms with Crippen molar-refractivity contribution in [2.24, 2.45) is 17.8 Å². The largest absolute Gasteiger partial charge is 0.317 e. The van der Waals surface area contributed by atoms with Crippen molar-refractivity contribution in [2.75, 3.05) is 13.1 Å². The van der Waals surface area contributed by atoms with Crippen LogP contribution in [0.5, 0.6) is 0 Å². The van der Waals surface area contributed by atoms with E-state index in [1.54, 1.807) is 0 Å². The van der Waals surface area contributed by atoms with E-state index in [4.69, 9.17) is 0 Å². The van der Waals surface area contributed by atoms with Crippen molar-refractivity contribution >= 4 is 0 Å². The molecule has 106 valence electrons. The van der Waals surface area contributed by atoms with Crippen LogP contribution in [-0.2, 0) is 0 Å². The first-order valence-electron chi connectivity index (χ1n) is 8.62. The molecular weight excluding hydrogens is 218 g/mol. The highest BCUT2D eigenvalue weighted by molar-refractivity contribution is 4.82. The summed E-state index contributed by atoms with van der Waals surface area (Å²) < 4.78 is 0. The summed E-state index contributed by atoms with van der Waals surface area (Å²) in [6.45, 7) is 4.68. The molecule has 0 spiro atoms. The smallest absolute Gasteiger partial charge is 0.00179 e. The minimum absolute atomic E-state index is 0.982. The third-order valence-corrected chi connectivity index (χ3v) is 5.38. The van der Waals surface area contributed by atoms with Crippen LogP contribution in [0.3, 0.4) is 0 Å². The van der Waals surface area contributed by atoms with Crippen molar-refractivity contribution < 1.29 is 0 Å². The standard InChI is InChI=1S/C17H33N/c1-2-18-14-16-12-8-5-9-13-17(16)15-10-6-3-4-7-11-15/h15-18H,2-14H2,1H3. The summed E-state index contributed by atoms with van der Waals surface area (Å²) in [5.74, 6) is 3.09. The fraction of sp³-hybridized carbons (Fsp3) is 1.00. The van der Waals surface area contributed by atoms with Crippen LogP contribution in [0, 0.1) is 17.8 Å². The second kappa shape index (κ2) is 8.19.